The third-order valence-corrected chi connectivity index (χ3v) is 5.05. The van der Waals surface area contributed by atoms with Crippen LogP contribution in [0.2, 0.25) is 0 Å². The van der Waals surface area contributed by atoms with Gasteiger partial charge in [-0.15, -0.1) is 0 Å². The number of hydrogen-bond donors (Lipinski definition) is 2. The molecule has 2 amide bonds. The van der Waals surface area contributed by atoms with E-state index in [-0.39, 0.29) is 18.1 Å². The second kappa shape index (κ2) is 8.68. The minimum Gasteiger partial charge on any atom is -0.396 e. The predicted molar refractivity (Wildman–Crippen MR) is 103 cm³/mol. The van der Waals surface area contributed by atoms with Gasteiger partial charge in [0.2, 0.25) is 0 Å². The first-order valence-electron chi connectivity index (χ1n) is 9.29. The number of likely N-dealkylation sites (tertiary alicyclic amines) is 1. The molecule has 5 heteroatoms. The van der Waals surface area contributed by atoms with E-state index in [0.717, 1.165) is 44.6 Å². The topological polar surface area (TPSA) is 55.8 Å². The van der Waals surface area contributed by atoms with Crippen molar-refractivity contribution in [1.82, 2.24) is 9.80 Å². The maximum absolute atomic E-state index is 12.5. The summed E-state index contributed by atoms with van der Waals surface area (Å²) in [5, 5.41) is 12.0. The number of aliphatic hydroxyl groups is 1. The molecular formula is C20H33N3O2. The van der Waals surface area contributed by atoms with Crippen LogP contribution in [-0.4, -0.2) is 60.3 Å². The van der Waals surface area contributed by atoms with Gasteiger partial charge in [0.05, 0.1) is 0 Å². The second-order valence-electron chi connectivity index (χ2n) is 8.03. The van der Waals surface area contributed by atoms with Crippen molar-refractivity contribution in [3.05, 3.63) is 29.8 Å². The molecular weight excluding hydrogens is 314 g/mol. The van der Waals surface area contributed by atoms with Gasteiger partial charge in [0, 0.05) is 38.0 Å². The Morgan fingerprint density at radius 1 is 1.24 bits per heavy atom. The van der Waals surface area contributed by atoms with Crippen molar-refractivity contribution >= 4 is 11.7 Å². The molecule has 2 rings (SSSR count). The maximum atomic E-state index is 12.5. The molecule has 1 aliphatic rings. The normalized spacial score (nSPS) is 16.3. The Labute approximate surface area is 152 Å². The van der Waals surface area contributed by atoms with Gasteiger partial charge in [0.1, 0.15) is 0 Å². The zero-order chi connectivity index (χ0) is 18.4. The number of nitrogens with one attached hydrogen (secondary N) is 1. The van der Waals surface area contributed by atoms with Gasteiger partial charge in [0.15, 0.2) is 0 Å². The lowest BCUT2D eigenvalue weighted by molar-refractivity contribution is 0.134. The van der Waals surface area contributed by atoms with E-state index < -0.39 is 0 Å². The Hall–Kier alpha value is -1.59. The van der Waals surface area contributed by atoms with Crippen LogP contribution in [-0.2, 0) is 5.41 Å². The number of aliphatic hydroxyl groups excluding tert-OH is 1. The molecule has 1 fully saturated rings. The summed E-state index contributed by atoms with van der Waals surface area (Å²) in [6.07, 6.45) is 2.78. The van der Waals surface area contributed by atoms with E-state index >= 15 is 0 Å². The third-order valence-electron chi connectivity index (χ3n) is 5.05. The Balaban J connectivity index is 1.82. The number of hydrogen-bond acceptors (Lipinski definition) is 3. The number of urea groups is 1. The van der Waals surface area contributed by atoms with Gasteiger partial charge in [-0.25, -0.2) is 4.79 Å². The number of rotatable bonds is 5. The van der Waals surface area contributed by atoms with E-state index in [4.69, 9.17) is 5.11 Å². The predicted octanol–water partition coefficient (Wildman–Crippen LogP) is 3.29. The fraction of sp³-hybridized carbons (Fsp3) is 0.650. The van der Waals surface area contributed by atoms with Crippen molar-refractivity contribution in [2.45, 2.75) is 51.5 Å². The van der Waals surface area contributed by atoms with Gasteiger partial charge >= 0.3 is 6.03 Å². The van der Waals surface area contributed by atoms with Gasteiger partial charge in [0.25, 0.3) is 0 Å². The highest BCUT2D eigenvalue weighted by atomic mass is 16.3. The maximum Gasteiger partial charge on any atom is 0.321 e. The zero-order valence-corrected chi connectivity index (χ0v) is 16.1. The van der Waals surface area contributed by atoms with Crippen LogP contribution in [0, 0.1) is 0 Å². The van der Waals surface area contributed by atoms with Gasteiger partial charge in [-0.3, -0.25) is 0 Å². The molecule has 0 saturated carbocycles. The molecule has 0 unspecified atom stereocenters. The number of carbonyl (C=O) groups excluding carboxylic acids is 1. The highest BCUT2D eigenvalue weighted by Gasteiger charge is 2.25. The Kier molecular flexibility index (Phi) is 6.85. The molecule has 0 bridgehead atoms. The van der Waals surface area contributed by atoms with Gasteiger partial charge in [-0.1, -0.05) is 32.9 Å². The summed E-state index contributed by atoms with van der Waals surface area (Å²) < 4.78 is 0. The monoisotopic (exact) mass is 347 g/mol. The summed E-state index contributed by atoms with van der Waals surface area (Å²) in [6.45, 7) is 9.25. The van der Waals surface area contributed by atoms with E-state index in [2.05, 4.69) is 50.2 Å². The average molecular weight is 348 g/mol. The van der Waals surface area contributed by atoms with Crippen LogP contribution < -0.4 is 5.32 Å². The van der Waals surface area contributed by atoms with Crippen LogP contribution in [0.1, 0.15) is 45.6 Å². The van der Waals surface area contributed by atoms with Crippen LogP contribution in [0.5, 0.6) is 0 Å². The van der Waals surface area contributed by atoms with Crippen molar-refractivity contribution in [2.24, 2.45) is 0 Å². The van der Waals surface area contributed by atoms with Crippen LogP contribution in [0.15, 0.2) is 24.3 Å². The molecule has 0 aliphatic carbocycles. The van der Waals surface area contributed by atoms with E-state index in [1.54, 1.807) is 0 Å². The molecule has 0 spiro atoms. The minimum atomic E-state index is -0.0139. The molecule has 1 aromatic rings. The van der Waals surface area contributed by atoms with Crippen molar-refractivity contribution in [3.63, 3.8) is 0 Å². The molecule has 1 aromatic carbocycles. The van der Waals surface area contributed by atoms with Crippen molar-refractivity contribution in [3.8, 4) is 0 Å². The van der Waals surface area contributed by atoms with Crippen molar-refractivity contribution in [1.29, 1.82) is 0 Å². The lowest BCUT2D eigenvalue weighted by Crippen LogP contribution is -2.47. The van der Waals surface area contributed by atoms with Crippen LogP contribution in [0.4, 0.5) is 10.5 Å². The fourth-order valence-electron chi connectivity index (χ4n) is 3.27. The minimum absolute atomic E-state index is 0.0139. The molecule has 0 atom stereocenters. The second-order valence-corrected chi connectivity index (χ2v) is 8.03. The van der Waals surface area contributed by atoms with Crippen molar-refractivity contribution < 1.29 is 9.90 Å². The molecule has 140 valence electrons. The van der Waals surface area contributed by atoms with Crippen LogP contribution in [0.25, 0.3) is 0 Å². The number of nitrogens with zero attached hydrogens (tertiary/aromatic N) is 2. The fourth-order valence-corrected chi connectivity index (χ4v) is 3.27. The first-order chi connectivity index (χ1) is 11.8. The van der Waals surface area contributed by atoms with Crippen LogP contribution >= 0.6 is 0 Å². The van der Waals surface area contributed by atoms with Crippen molar-refractivity contribution in [2.75, 3.05) is 38.6 Å². The summed E-state index contributed by atoms with van der Waals surface area (Å²) >= 11 is 0. The largest absolute Gasteiger partial charge is 0.396 e. The third kappa shape index (κ3) is 5.72. The van der Waals surface area contributed by atoms with E-state index in [0.29, 0.717) is 6.04 Å². The molecule has 25 heavy (non-hydrogen) atoms. The summed E-state index contributed by atoms with van der Waals surface area (Å²) in [5.41, 5.74) is 2.23. The standard InChI is InChI=1S/C20H33N3O2/c1-20(2,3)16-6-8-17(9-7-16)21-19(25)23-13-10-18(11-14-23)22(4)12-5-15-24/h6-9,18,24H,5,10-15H2,1-4H3,(H,21,25). The summed E-state index contributed by atoms with van der Waals surface area (Å²) in [7, 11) is 2.10. The Morgan fingerprint density at radius 3 is 2.36 bits per heavy atom. The van der Waals surface area contributed by atoms with Gasteiger partial charge < -0.3 is 20.2 Å². The Morgan fingerprint density at radius 2 is 1.84 bits per heavy atom. The van der Waals surface area contributed by atoms with E-state index in [1.165, 1.54) is 5.56 Å². The first kappa shape index (κ1) is 19.7. The first-order valence-corrected chi connectivity index (χ1v) is 9.29. The molecule has 0 aromatic heterocycles. The molecule has 1 heterocycles. The lowest BCUT2D eigenvalue weighted by atomic mass is 9.87. The summed E-state index contributed by atoms with van der Waals surface area (Å²) in [5.74, 6) is 0. The molecule has 0 radical (unpaired) electrons. The van der Waals surface area contributed by atoms with E-state index in [1.807, 2.05) is 17.0 Å². The number of benzene rings is 1. The van der Waals surface area contributed by atoms with Gasteiger partial charge in [-0.2, -0.15) is 0 Å². The van der Waals surface area contributed by atoms with E-state index in [9.17, 15) is 4.79 Å². The lowest BCUT2D eigenvalue weighted by Gasteiger charge is -2.36. The molecule has 2 N–H and O–H groups in total. The number of piperidine rings is 1. The smallest absolute Gasteiger partial charge is 0.321 e. The molecule has 1 aliphatic heterocycles. The Bertz CT molecular complexity index is 543. The summed E-state index contributed by atoms with van der Waals surface area (Å²) in [4.78, 5) is 16.7. The van der Waals surface area contributed by atoms with Crippen LogP contribution in [0.3, 0.4) is 0 Å². The zero-order valence-electron chi connectivity index (χ0n) is 16.1. The quantitative estimate of drug-likeness (QED) is 0.859. The molecule has 1 saturated heterocycles. The number of carbonyl (C=O) groups is 1. The SMILES string of the molecule is CN(CCCO)C1CCN(C(=O)Nc2ccc(C(C)(C)C)cc2)CC1. The number of amides is 2. The highest BCUT2D eigenvalue weighted by molar-refractivity contribution is 5.89. The average Bonchev–Trinajstić information content (AvgIpc) is 2.59. The van der Waals surface area contributed by atoms with Gasteiger partial charge in [-0.05, 0) is 49.4 Å². The molecule has 5 nitrogen and oxygen atoms in total. The highest BCUT2D eigenvalue weighted by Crippen LogP contribution is 2.24. The number of anilines is 1. The summed E-state index contributed by atoms with van der Waals surface area (Å²) in [6, 6.07) is 8.61.